The molecule has 112 valence electrons. The number of rotatable bonds is 4. The molecule has 2 rings (SSSR count). The average molecular weight is 411 g/mol. The van der Waals surface area contributed by atoms with E-state index in [2.05, 4.69) is 15.9 Å². The number of benzene rings is 2. The molecular formula is C15H12BrCl3O2. The fourth-order valence-electron chi connectivity index (χ4n) is 1.96. The predicted molar refractivity (Wildman–Crippen MR) is 91.4 cm³/mol. The van der Waals surface area contributed by atoms with Gasteiger partial charge >= 0.3 is 0 Å². The molecule has 21 heavy (non-hydrogen) atoms. The van der Waals surface area contributed by atoms with E-state index in [1.807, 2.05) is 18.2 Å². The van der Waals surface area contributed by atoms with Crippen LogP contribution in [-0.4, -0.2) is 14.2 Å². The molecular weight excluding hydrogens is 398 g/mol. The molecule has 0 heterocycles. The van der Waals surface area contributed by atoms with Crippen LogP contribution in [0.25, 0.3) is 0 Å². The molecule has 1 atom stereocenters. The van der Waals surface area contributed by atoms with Gasteiger partial charge in [-0.25, -0.2) is 0 Å². The lowest BCUT2D eigenvalue weighted by Gasteiger charge is -2.17. The van der Waals surface area contributed by atoms with Crippen molar-refractivity contribution in [1.82, 2.24) is 0 Å². The zero-order chi connectivity index (χ0) is 15.6. The van der Waals surface area contributed by atoms with Crippen molar-refractivity contribution in [2.45, 2.75) is 5.38 Å². The molecule has 0 spiro atoms. The van der Waals surface area contributed by atoms with Gasteiger partial charge in [0.15, 0.2) is 0 Å². The van der Waals surface area contributed by atoms with Crippen LogP contribution in [-0.2, 0) is 0 Å². The number of methoxy groups -OCH3 is 2. The molecule has 0 saturated carbocycles. The molecule has 0 aliphatic carbocycles. The number of hydrogen-bond acceptors (Lipinski definition) is 2. The van der Waals surface area contributed by atoms with Crippen LogP contribution in [0.3, 0.4) is 0 Å². The van der Waals surface area contributed by atoms with Crippen molar-refractivity contribution in [1.29, 1.82) is 0 Å². The Hall–Kier alpha value is -0.610. The topological polar surface area (TPSA) is 18.5 Å². The summed E-state index contributed by atoms with van der Waals surface area (Å²) in [4.78, 5) is 0. The van der Waals surface area contributed by atoms with Crippen LogP contribution in [0, 0.1) is 0 Å². The van der Waals surface area contributed by atoms with Crippen molar-refractivity contribution in [3.63, 3.8) is 0 Å². The largest absolute Gasteiger partial charge is 0.496 e. The summed E-state index contributed by atoms with van der Waals surface area (Å²) >= 11 is 22.4. The first kappa shape index (κ1) is 16.8. The number of halogens is 4. The predicted octanol–water partition coefficient (Wildman–Crippen LogP) is 6.10. The fraction of sp³-hybridized carbons (Fsp3) is 0.200. The smallest absolute Gasteiger partial charge is 0.138 e. The molecule has 2 aromatic rings. The lowest BCUT2D eigenvalue weighted by Crippen LogP contribution is -1.99. The van der Waals surface area contributed by atoms with Gasteiger partial charge in [-0.15, -0.1) is 11.6 Å². The van der Waals surface area contributed by atoms with Gasteiger partial charge in [0.2, 0.25) is 0 Å². The Morgan fingerprint density at radius 1 is 0.905 bits per heavy atom. The van der Waals surface area contributed by atoms with Gasteiger partial charge < -0.3 is 9.47 Å². The molecule has 0 amide bonds. The summed E-state index contributed by atoms with van der Waals surface area (Å²) in [6.45, 7) is 0. The lowest BCUT2D eigenvalue weighted by molar-refractivity contribution is 0.409. The summed E-state index contributed by atoms with van der Waals surface area (Å²) < 4.78 is 11.4. The maximum absolute atomic E-state index is 6.56. The zero-order valence-electron chi connectivity index (χ0n) is 11.3. The van der Waals surface area contributed by atoms with Crippen molar-refractivity contribution in [3.8, 4) is 11.5 Å². The second-order valence-corrected chi connectivity index (χ2v) is 6.42. The van der Waals surface area contributed by atoms with Gasteiger partial charge in [-0.1, -0.05) is 45.2 Å². The van der Waals surface area contributed by atoms with Crippen molar-refractivity contribution < 1.29 is 9.47 Å². The Morgan fingerprint density at radius 2 is 1.57 bits per heavy atom. The van der Waals surface area contributed by atoms with Gasteiger partial charge in [-0.3, -0.25) is 0 Å². The number of alkyl halides is 1. The Morgan fingerprint density at radius 3 is 2.19 bits per heavy atom. The molecule has 0 radical (unpaired) electrons. The highest BCUT2D eigenvalue weighted by atomic mass is 79.9. The van der Waals surface area contributed by atoms with E-state index in [0.717, 1.165) is 10.0 Å². The molecule has 0 bridgehead atoms. The number of hydrogen-bond donors (Lipinski definition) is 0. The second-order valence-electron chi connectivity index (χ2n) is 4.26. The maximum Gasteiger partial charge on any atom is 0.138 e. The third kappa shape index (κ3) is 3.59. The van der Waals surface area contributed by atoms with Crippen LogP contribution in [0.5, 0.6) is 11.5 Å². The molecule has 0 aliphatic rings. The first-order valence-electron chi connectivity index (χ1n) is 5.98. The van der Waals surface area contributed by atoms with Crippen LogP contribution in [0.15, 0.2) is 34.8 Å². The maximum atomic E-state index is 6.56. The minimum absolute atomic E-state index is 0.457. The molecule has 0 saturated heterocycles. The van der Waals surface area contributed by atoms with Crippen molar-refractivity contribution >= 4 is 50.7 Å². The van der Waals surface area contributed by atoms with Gasteiger partial charge in [-0.2, -0.15) is 0 Å². The van der Waals surface area contributed by atoms with Crippen molar-refractivity contribution in [3.05, 3.63) is 56.0 Å². The molecule has 0 aliphatic heterocycles. The first-order chi connectivity index (χ1) is 9.97. The summed E-state index contributed by atoms with van der Waals surface area (Å²) in [5, 5.41) is 0.462. The SMILES string of the molecule is COc1cc(Cl)c(C(Cl)c2ccc(Br)cc2OC)cc1Cl. The molecule has 2 aromatic carbocycles. The standard InChI is InChI=1S/C15H12BrCl3O2/c1-20-13-5-8(16)3-4-9(13)15(19)10-6-12(18)14(21-2)7-11(10)17/h3-7,15H,1-2H3. The molecule has 1 unspecified atom stereocenters. The zero-order valence-corrected chi connectivity index (χ0v) is 15.1. The Labute approximate surface area is 147 Å². The Bertz CT molecular complexity index is 662. The van der Waals surface area contributed by atoms with E-state index in [0.29, 0.717) is 27.1 Å². The Kier molecular flexibility index (Phi) is 5.67. The molecule has 6 heteroatoms. The van der Waals surface area contributed by atoms with Gasteiger partial charge in [-0.05, 0) is 23.8 Å². The highest BCUT2D eigenvalue weighted by molar-refractivity contribution is 9.10. The van der Waals surface area contributed by atoms with Gasteiger partial charge in [0.25, 0.3) is 0 Å². The minimum atomic E-state index is -0.482. The minimum Gasteiger partial charge on any atom is -0.496 e. The first-order valence-corrected chi connectivity index (χ1v) is 7.97. The third-order valence-corrected chi connectivity index (χ3v) is 4.60. The van der Waals surface area contributed by atoms with E-state index >= 15 is 0 Å². The van der Waals surface area contributed by atoms with E-state index in [1.165, 1.54) is 7.11 Å². The molecule has 2 nitrogen and oxygen atoms in total. The molecule has 0 N–H and O–H groups in total. The third-order valence-electron chi connectivity index (χ3n) is 3.01. The fourth-order valence-corrected chi connectivity index (χ4v) is 3.23. The Balaban J connectivity index is 2.50. The van der Waals surface area contributed by atoms with Crippen LogP contribution in [0.4, 0.5) is 0 Å². The lowest BCUT2D eigenvalue weighted by atomic mass is 10.0. The van der Waals surface area contributed by atoms with E-state index < -0.39 is 5.38 Å². The van der Waals surface area contributed by atoms with Gasteiger partial charge in [0.1, 0.15) is 11.5 Å². The van der Waals surface area contributed by atoms with Gasteiger partial charge in [0, 0.05) is 21.1 Å². The van der Waals surface area contributed by atoms with Gasteiger partial charge in [0.05, 0.1) is 24.6 Å². The van der Waals surface area contributed by atoms with Crippen LogP contribution in [0.1, 0.15) is 16.5 Å². The normalized spacial score (nSPS) is 12.1. The monoisotopic (exact) mass is 408 g/mol. The summed E-state index contributed by atoms with van der Waals surface area (Å²) in [6, 6.07) is 8.99. The molecule has 0 fully saturated rings. The van der Waals surface area contributed by atoms with E-state index in [4.69, 9.17) is 44.3 Å². The highest BCUT2D eigenvalue weighted by Gasteiger charge is 2.20. The number of ether oxygens (including phenoxy) is 2. The van der Waals surface area contributed by atoms with E-state index in [9.17, 15) is 0 Å². The summed E-state index contributed by atoms with van der Waals surface area (Å²) in [7, 11) is 3.13. The van der Waals surface area contributed by atoms with Crippen LogP contribution in [0.2, 0.25) is 10.0 Å². The summed E-state index contributed by atoms with van der Waals surface area (Å²) in [5.74, 6) is 1.18. The van der Waals surface area contributed by atoms with Crippen LogP contribution < -0.4 is 9.47 Å². The quantitative estimate of drug-likeness (QED) is 0.567. The van der Waals surface area contributed by atoms with Crippen LogP contribution >= 0.6 is 50.7 Å². The second kappa shape index (κ2) is 7.10. The van der Waals surface area contributed by atoms with Crippen molar-refractivity contribution in [2.75, 3.05) is 14.2 Å². The van der Waals surface area contributed by atoms with Crippen molar-refractivity contribution in [2.24, 2.45) is 0 Å². The molecule has 0 aromatic heterocycles. The summed E-state index contributed by atoms with van der Waals surface area (Å²) in [6.07, 6.45) is 0. The van der Waals surface area contributed by atoms with E-state index in [-0.39, 0.29) is 0 Å². The highest BCUT2D eigenvalue weighted by Crippen LogP contribution is 2.42. The average Bonchev–Trinajstić information content (AvgIpc) is 2.48. The summed E-state index contributed by atoms with van der Waals surface area (Å²) in [5.41, 5.74) is 1.51. The van der Waals surface area contributed by atoms with E-state index in [1.54, 1.807) is 19.2 Å².